The second kappa shape index (κ2) is 8.65. The topological polar surface area (TPSA) is 75.9 Å². The van der Waals surface area contributed by atoms with Crippen molar-refractivity contribution in [2.24, 2.45) is 5.92 Å². The summed E-state index contributed by atoms with van der Waals surface area (Å²) in [5, 5.41) is 11.9. The SMILES string of the molecule is Cc1ccc(NC[C@@H]2C(C)CCCN2C(=O)c2cc(C)ccc2-n2nccn2)nc1. The average Bonchev–Trinajstić information content (AvgIpc) is 3.28. The van der Waals surface area contributed by atoms with Crippen LogP contribution in [0.15, 0.2) is 48.9 Å². The van der Waals surface area contributed by atoms with Crippen molar-refractivity contribution in [3.63, 3.8) is 0 Å². The van der Waals surface area contributed by atoms with Crippen molar-refractivity contribution in [2.45, 2.75) is 39.7 Å². The maximum Gasteiger partial charge on any atom is 0.256 e. The summed E-state index contributed by atoms with van der Waals surface area (Å²) in [6, 6.07) is 9.95. The Balaban J connectivity index is 1.60. The van der Waals surface area contributed by atoms with Crippen molar-refractivity contribution in [2.75, 3.05) is 18.4 Å². The normalized spacial score (nSPS) is 19.0. The van der Waals surface area contributed by atoms with Crippen LogP contribution in [0.1, 0.15) is 41.3 Å². The number of amides is 1. The van der Waals surface area contributed by atoms with Gasteiger partial charge in [-0.05, 0) is 56.4 Å². The second-order valence-electron chi connectivity index (χ2n) is 8.13. The highest BCUT2D eigenvalue weighted by molar-refractivity contribution is 5.98. The van der Waals surface area contributed by atoms with Crippen molar-refractivity contribution in [3.8, 4) is 5.69 Å². The van der Waals surface area contributed by atoms with Gasteiger partial charge in [-0.3, -0.25) is 4.79 Å². The molecule has 156 valence electrons. The lowest BCUT2D eigenvalue weighted by atomic mass is 9.89. The van der Waals surface area contributed by atoms with Gasteiger partial charge < -0.3 is 10.2 Å². The van der Waals surface area contributed by atoms with E-state index in [1.165, 1.54) is 4.80 Å². The third kappa shape index (κ3) is 4.20. The molecule has 1 aliphatic rings. The molecule has 0 saturated carbocycles. The molecule has 1 amide bonds. The number of nitrogens with zero attached hydrogens (tertiary/aromatic N) is 5. The number of aromatic nitrogens is 4. The van der Waals surface area contributed by atoms with Gasteiger partial charge in [0, 0.05) is 19.3 Å². The maximum absolute atomic E-state index is 13.7. The minimum atomic E-state index is 0.0289. The smallest absolute Gasteiger partial charge is 0.256 e. The zero-order valence-corrected chi connectivity index (χ0v) is 17.7. The highest BCUT2D eigenvalue weighted by atomic mass is 16.2. The Labute approximate surface area is 177 Å². The van der Waals surface area contributed by atoms with Gasteiger partial charge in [0.15, 0.2) is 0 Å². The standard InChI is InChI=1S/C23H28N6O/c1-16-6-8-20(29-26-10-11-27-29)19(13-16)23(30)28-12-4-5-18(3)21(28)15-25-22-9-7-17(2)14-24-22/h6-11,13-14,18,21H,4-5,12,15H2,1-3H3,(H,24,25)/t18?,21-/m1/s1. The van der Waals surface area contributed by atoms with Crippen LogP contribution in [0.2, 0.25) is 0 Å². The molecule has 1 aromatic carbocycles. The van der Waals surface area contributed by atoms with Crippen LogP contribution in [0.4, 0.5) is 5.82 Å². The van der Waals surface area contributed by atoms with E-state index in [1.54, 1.807) is 12.4 Å². The lowest BCUT2D eigenvalue weighted by molar-refractivity contribution is 0.0539. The Bertz CT molecular complexity index is 999. The fourth-order valence-corrected chi connectivity index (χ4v) is 4.08. The van der Waals surface area contributed by atoms with E-state index in [0.717, 1.165) is 36.3 Å². The van der Waals surface area contributed by atoms with E-state index < -0.39 is 0 Å². The number of hydrogen-bond donors (Lipinski definition) is 1. The molecule has 0 aliphatic carbocycles. The largest absolute Gasteiger partial charge is 0.368 e. The molecular weight excluding hydrogens is 376 g/mol. The molecule has 2 atom stereocenters. The van der Waals surface area contributed by atoms with Crippen molar-refractivity contribution >= 4 is 11.7 Å². The zero-order valence-electron chi connectivity index (χ0n) is 17.7. The molecule has 1 N–H and O–H groups in total. The number of benzene rings is 1. The van der Waals surface area contributed by atoms with Gasteiger partial charge in [-0.25, -0.2) is 4.98 Å². The number of hydrogen-bond acceptors (Lipinski definition) is 5. The van der Waals surface area contributed by atoms with Gasteiger partial charge in [-0.15, -0.1) is 0 Å². The third-order valence-electron chi connectivity index (χ3n) is 5.80. The minimum absolute atomic E-state index is 0.0289. The third-order valence-corrected chi connectivity index (χ3v) is 5.80. The van der Waals surface area contributed by atoms with Crippen LogP contribution in [0, 0.1) is 19.8 Å². The number of piperidine rings is 1. The van der Waals surface area contributed by atoms with Gasteiger partial charge in [-0.2, -0.15) is 15.0 Å². The van der Waals surface area contributed by atoms with Crippen molar-refractivity contribution in [1.29, 1.82) is 0 Å². The van der Waals surface area contributed by atoms with Crippen molar-refractivity contribution in [1.82, 2.24) is 24.9 Å². The molecule has 0 bridgehead atoms. The number of carbonyl (C=O) groups is 1. The van der Waals surface area contributed by atoms with Crippen LogP contribution in [-0.4, -0.2) is 49.9 Å². The van der Waals surface area contributed by atoms with Crippen LogP contribution in [0.5, 0.6) is 0 Å². The minimum Gasteiger partial charge on any atom is -0.368 e. The van der Waals surface area contributed by atoms with Crippen molar-refractivity contribution < 1.29 is 4.79 Å². The summed E-state index contributed by atoms with van der Waals surface area (Å²) in [7, 11) is 0. The molecule has 1 aliphatic heterocycles. The van der Waals surface area contributed by atoms with Gasteiger partial charge in [0.05, 0.1) is 29.7 Å². The first-order valence-electron chi connectivity index (χ1n) is 10.5. The number of nitrogens with one attached hydrogen (secondary N) is 1. The Kier molecular flexibility index (Phi) is 5.79. The van der Waals surface area contributed by atoms with E-state index in [9.17, 15) is 4.79 Å². The van der Waals surface area contributed by atoms with Gasteiger partial charge in [0.25, 0.3) is 5.91 Å². The molecule has 1 unspecified atom stereocenters. The second-order valence-corrected chi connectivity index (χ2v) is 8.13. The molecule has 3 aromatic rings. The molecule has 0 radical (unpaired) electrons. The fraction of sp³-hybridized carbons (Fsp3) is 0.391. The molecule has 1 fully saturated rings. The van der Waals surface area contributed by atoms with Crippen LogP contribution < -0.4 is 5.32 Å². The Hall–Kier alpha value is -3.22. The molecular formula is C23H28N6O. The van der Waals surface area contributed by atoms with Gasteiger partial charge in [0.2, 0.25) is 0 Å². The average molecular weight is 405 g/mol. The van der Waals surface area contributed by atoms with E-state index in [2.05, 4.69) is 27.4 Å². The summed E-state index contributed by atoms with van der Waals surface area (Å²) in [6.07, 6.45) is 7.22. The monoisotopic (exact) mass is 404 g/mol. The summed E-state index contributed by atoms with van der Waals surface area (Å²) in [5.74, 6) is 1.26. The number of anilines is 1. The molecule has 2 aromatic heterocycles. The summed E-state index contributed by atoms with van der Waals surface area (Å²) >= 11 is 0. The summed E-state index contributed by atoms with van der Waals surface area (Å²) in [5.41, 5.74) is 3.51. The van der Waals surface area contributed by atoms with E-state index >= 15 is 0 Å². The summed E-state index contributed by atoms with van der Waals surface area (Å²) in [6.45, 7) is 7.66. The first-order chi connectivity index (χ1) is 14.5. The Morgan fingerprint density at radius 1 is 1.13 bits per heavy atom. The zero-order chi connectivity index (χ0) is 21.1. The van der Waals surface area contributed by atoms with Crippen molar-refractivity contribution in [3.05, 3.63) is 65.6 Å². The summed E-state index contributed by atoms with van der Waals surface area (Å²) in [4.78, 5) is 21.7. The number of likely N-dealkylation sites (tertiary alicyclic amines) is 1. The first kappa shape index (κ1) is 20.1. The molecule has 30 heavy (non-hydrogen) atoms. The van der Waals surface area contributed by atoms with Crippen LogP contribution in [0.25, 0.3) is 5.69 Å². The molecule has 3 heterocycles. The van der Waals surface area contributed by atoms with Gasteiger partial charge in [-0.1, -0.05) is 24.6 Å². The van der Waals surface area contributed by atoms with Crippen LogP contribution in [0.3, 0.4) is 0 Å². The predicted molar refractivity (Wildman–Crippen MR) is 117 cm³/mol. The maximum atomic E-state index is 13.7. The summed E-state index contributed by atoms with van der Waals surface area (Å²) < 4.78 is 0. The predicted octanol–water partition coefficient (Wildman–Crippen LogP) is 3.63. The Morgan fingerprint density at radius 2 is 1.90 bits per heavy atom. The highest BCUT2D eigenvalue weighted by Gasteiger charge is 2.33. The molecule has 7 heteroatoms. The highest BCUT2D eigenvalue weighted by Crippen LogP contribution is 2.27. The molecule has 7 nitrogen and oxygen atoms in total. The quantitative estimate of drug-likeness (QED) is 0.703. The number of aryl methyl sites for hydroxylation is 2. The van der Waals surface area contributed by atoms with E-state index in [0.29, 0.717) is 23.7 Å². The van der Waals surface area contributed by atoms with Crippen LogP contribution >= 0.6 is 0 Å². The Morgan fingerprint density at radius 3 is 2.63 bits per heavy atom. The number of rotatable bonds is 5. The molecule has 1 saturated heterocycles. The van der Waals surface area contributed by atoms with Crippen LogP contribution in [-0.2, 0) is 0 Å². The van der Waals surface area contributed by atoms with E-state index in [4.69, 9.17) is 0 Å². The van der Waals surface area contributed by atoms with E-state index in [1.807, 2.05) is 55.3 Å². The molecule has 0 spiro atoms. The van der Waals surface area contributed by atoms with Gasteiger partial charge >= 0.3 is 0 Å². The lowest BCUT2D eigenvalue weighted by Gasteiger charge is -2.40. The first-order valence-corrected chi connectivity index (χ1v) is 10.5. The molecule has 4 rings (SSSR count). The van der Waals surface area contributed by atoms with Gasteiger partial charge in [0.1, 0.15) is 5.82 Å². The number of pyridine rings is 1. The van der Waals surface area contributed by atoms with E-state index in [-0.39, 0.29) is 11.9 Å². The fourth-order valence-electron chi connectivity index (χ4n) is 4.08. The number of carbonyl (C=O) groups excluding carboxylic acids is 1. The lowest BCUT2D eigenvalue weighted by Crippen LogP contribution is -2.51.